The molecule has 1 amide bonds. The topological polar surface area (TPSA) is 134 Å². The molecule has 0 aromatic heterocycles. The Morgan fingerprint density at radius 2 is 1.53 bits per heavy atom. The minimum Gasteiger partial charge on any atom is -0.466 e. The van der Waals surface area contributed by atoms with E-state index in [-0.39, 0.29) is 43.3 Å². The summed E-state index contributed by atoms with van der Waals surface area (Å²) in [5.74, 6) is -3.80. The Hall–Kier alpha value is -3.82. The van der Waals surface area contributed by atoms with E-state index < -0.39 is 41.5 Å². The van der Waals surface area contributed by atoms with Crippen molar-refractivity contribution in [1.29, 1.82) is 0 Å². The number of hydrogen-bond acceptors (Lipinski definition) is 9. The molecule has 0 radical (unpaired) electrons. The van der Waals surface area contributed by atoms with E-state index in [1.807, 2.05) is 0 Å². The fraction of sp³-hybridized carbons (Fsp3) is 0.417. The van der Waals surface area contributed by atoms with E-state index in [9.17, 15) is 19.2 Å². The molecule has 1 spiro atoms. The molecule has 10 nitrogen and oxygen atoms in total. The lowest BCUT2D eigenvalue weighted by Crippen LogP contribution is -2.51. The first-order valence-electron chi connectivity index (χ1n) is 11.1. The van der Waals surface area contributed by atoms with Gasteiger partial charge in [0.15, 0.2) is 0 Å². The fourth-order valence-corrected chi connectivity index (χ4v) is 4.40. The predicted octanol–water partition coefficient (Wildman–Crippen LogP) is 1.82. The van der Waals surface area contributed by atoms with Gasteiger partial charge in [0, 0.05) is 17.8 Å². The van der Waals surface area contributed by atoms with Gasteiger partial charge in [0.05, 0.1) is 19.8 Å². The van der Waals surface area contributed by atoms with Crippen LogP contribution in [0.4, 0.5) is 5.69 Å². The third-order valence-corrected chi connectivity index (χ3v) is 5.56. The number of amides is 1. The molecule has 3 rings (SSSR count). The van der Waals surface area contributed by atoms with E-state index in [1.54, 1.807) is 52.0 Å². The van der Waals surface area contributed by atoms with Gasteiger partial charge in [0.2, 0.25) is 11.8 Å². The van der Waals surface area contributed by atoms with E-state index in [2.05, 4.69) is 0 Å². The molecule has 2 N–H and O–H groups in total. The second-order valence-corrected chi connectivity index (χ2v) is 7.38. The van der Waals surface area contributed by atoms with Crippen molar-refractivity contribution in [3.63, 3.8) is 0 Å². The number of carbonyl (C=O) groups excluding carboxylic acids is 4. The Balaban J connectivity index is 2.43. The summed E-state index contributed by atoms with van der Waals surface area (Å²) < 4.78 is 21.2. The smallest absolute Gasteiger partial charge is 0.341 e. The molecule has 0 fully saturated rings. The number of anilines is 1. The van der Waals surface area contributed by atoms with Gasteiger partial charge in [-0.3, -0.25) is 9.59 Å². The van der Waals surface area contributed by atoms with Crippen molar-refractivity contribution in [3.8, 4) is 0 Å². The van der Waals surface area contributed by atoms with Crippen molar-refractivity contribution >= 4 is 29.5 Å². The molecule has 10 heteroatoms. The maximum Gasteiger partial charge on any atom is 0.341 e. The molecule has 2 heterocycles. The summed E-state index contributed by atoms with van der Waals surface area (Å²) in [5, 5.41) is 0. The Morgan fingerprint density at radius 1 is 0.941 bits per heavy atom. The molecule has 34 heavy (non-hydrogen) atoms. The van der Waals surface area contributed by atoms with Crippen molar-refractivity contribution in [2.75, 3.05) is 31.3 Å². The molecule has 182 valence electrons. The summed E-state index contributed by atoms with van der Waals surface area (Å²) in [6.45, 7) is 6.90. The van der Waals surface area contributed by atoms with Crippen LogP contribution in [-0.2, 0) is 43.5 Å². The number of para-hydroxylation sites is 1. The van der Waals surface area contributed by atoms with Gasteiger partial charge in [0.1, 0.15) is 28.7 Å². The zero-order valence-electron chi connectivity index (χ0n) is 19.6. The van der Waals surface area contributed by atoms with Gasteiger partial charge < -0.3 is 29.6 Å². The standard InChI is InChI=1S/C24H28N2O8/c1-5-26-15-12-10-9-11-14(15)24(23(26)30)18(21(28)32-7-3)16(13-17(27)31-6-2)34-20(25)19(24)22(29)33-8-4/h9-12H,5-8,13,25H2,1-4H3. The highest BCUT2D eigenvalue weighted by Crippen LogP contribution is 2.54. The number of nitrogens with zero attached hydrogens (tertiary/aromatic N) is 1. The number of hydrogen-bond donors (Lipinski definition) is 1. The number of fused-ring (bicyclic) bond motifs is 2. The van der Waals surface area contributed by atoms with Gasteiger partial charge in [-0.2, -0.15) is 0 Å². The lowest BCUT2D eigenvalue weighted by molar-refractivity contribution is -0.144. The third kappa shape index (κ3) is 3.78. The second kappa shape index (κ2) is 9.98. The molecule has 0 saturated carbocycles. The minimum atomic E-state index is -2.02. The van der Waals surface area contributed by atoms with Crippen LogP contribution in [0.15, 0.2) is 47.1 Å². The maximum absolute atomic E-state index is 14.1. The van der Waals surface area contributed by atoms with Crippen molar-refractivity contribution in [1.82, 2.24) is 0 Å². The average molecular weight is 472 g/mol. The van der Waals surface area contributed by atoms with Crippen LogP contribution in [0.25, 0.3) is 0 Å². The SMILES string of the molecule is CCOC(=O)CC1=C(C(=O)OCC)C2(C(=O)N(CC)c3ccccc32)C(C(=O)OCC)=C(N)O1. The minimum absolute atomic E-state index is 0.00679. The Labute approximate surface area is 197 Å². The molecule has 0 saturated heterocycles. The van der Waals surface area contributed by atoms with E-state index in [1.165, 1.54) is 4.90 Å². The number of likely N-dealkylation sites (N-methyl/N-ethyl adjacent to an activating group) is 1. The summed E-state index contributed by atoms with van der Waals surface area (Å²) in [6.07, 6.45) is -0.498. The van der Waals surface area contributed by atoms with Gasteiger partial charge >= 0.3 is 17.9 Å². The van der Waals surface area contributed by atoms with Gasteiger partial charge in [0.25, 0.3) is 0 Å². The second-order valence-electron chi connectivity index (χ2n) is 7.38. The first-order chi connectivity index (χ1) is 16.3. The molecule has 0 bridgehead atoms. The van der Waals surface area contributed by atoms with Crippen LogP contribution in [-0.4, -0.2) is 50.2 Å². The van der Waals surface area contributed by atoms with E-state index >= 15 is 0 Å². The van der Waals surface area contributed by atoms with E-state index in [0.717, 1.165) is 0 Å². The molecule has 1 aromatic rings. The van der Waals surface area contributed by atoms with Crippen LogP contribution in [0.3, 0.4) is 0 Å². The van der Waals surface area contributed by atoms with Crippen LogP contribution in [0.5, 0.6) is 0 Å². The van der Waals surface area contributed by atoms with Crippen LogP contribution in [0.2, 0.25) is 0 Å². The lowest BCUT2D eigenvalue weighted by atomic mass is 9.67. The molecule has 0 aliphatic carbocycles. The van der Waals surface area contributed by atoms with Gasteiger partial charge in [-0.25, -0.2) is 9.59 Å². The zero-order chi connectivity index (χ0) is 25.0. The van der Waals surface area contributed by atoms with E-state index in [4.69, 9.17) is 24.7 Å². The highest BCUT2D eigenvalue weighted by Gasteiger charge is 2.64. The first-order valence-corrected chi connectivity index (χ1v) is 11.1. The Bertz CT molecular complexity index is 1090. The monoisotopic (exact) mass is 472 g/mol. The summed E-state index contributed by atoms with van der Waals surface area (Å²) in [4.78, 5) is 54.5. The largest absolute Gasteiger partial charge is 0.466 e. The van der Waals surface area contributed by atoms with Gasteiger partial charge in [-0.05, 0) is 33.8 Å². The highest BCUT2D eigenvalue weighted by atomic mass is 16.6. The van der Waals surface area contributed by atoms with Crippen molar-refractivity contribution in [3.05, 3.63) is 52.6 Å². The summed E-state index contributed by atoms with van der Waals surface area (Å²) in [5.41, 5.74) is 4.37. The predicted molar refractivity (Wildman–Crippen MR) is 120 cm³/mol. The zero-order valence-corrected chi connectivity index (χ0v) is 19.6. The third-order valence-electron chi connectivity index (χ3n) is 5.56. The van der Waals surface area contributed by atoms with Crippen molar-refractivity contribution in [2.45, 2.75) is 39.5 Å². The Morgan fingerprint density at radius 3 is 2.12 bits per heavy atom. The summed E-state index contributed by atoms with van der Waals surface area (Å²) in [6, 6.07) is 6.74. The van der Waals surface area contributed by atoms with Crippen LogP contribution >= 0.6 is 0 Å². The summed E-state index contributed by atoms with van der Waals surface area (Å²) >= 11 is 0. The molecule has 2 aliphatic heterocycles. The maximum atomic E-state index is 14.1. The van der Waals surface area contributed by atoms with Crippen LogP contribution in [0, 0.1) is 0 Å². The lowest BCUT2D eigenvalue weighted by Gasteiger charge is -2.36. The van der Waals surface area contributed by atoms with Gasteiger partial charge in [-0.1, -0.05) is 18.2 Å². The number of ether oxygens (including phenoxy) is 4. The molecule has 1 unspecified atom stereocenters. The van der Waals surface area contributed by atoms with E-state index in [0.29, 0.717) is 11.3 Å². The van der Waals surface area contributed by atoms with Gasteiger partial charge in [-0.15, -0.1) is 0 Å². The molecule has 1 atom stereocenters. The fourth-order valence-electron chi connectivity index (χ4n) is 4.40. The molecular weight excluding hydrogens is 444 g/mol. The molecular formula is C24H28N2O8. The Kier molecular flexibility index (Phi) is 7.29. The first kappa shape index (κ1) is 24.8. The van der Waals surface area contributed by atoms with Crippen LogP contribution < -0.4 is 10.6 Å². The van der Waals surface area contributed by atoms with Crippen molar-refractivity contribution in [2.24, 2.45) is 5.73 Å². The number of esters is 3. The highest BCUT2D eigenvalue weighted by molar-refractivity contribution is 6.22. The molecule has 2 aliphatic rings. The quantitative estimate of drug-likeness (QED) is 0.444. The number of nitrogens with two attached hydrogens (primary N) is 1. The van der Waals surface area contributed by atoms with Crippen molar-refractivity contribution < 1.29 is 38.1 Å². The molecule has 1 aromatic carbocycles. The average Bonchev–Trinajstić information content (AvgIpc) is 3.02. The number of benzene rings is 1. The summed E-state index contributed by atoms with van der Waals surface area (Å²) in [7, 11) is 0. The van der Waals surface area contributed by atoms with Crippen LogP contribution in [0.1, 0.15) is 39.7 Å². The normalized spacial score (nSPS) is 19.2. The number of carbonyl (C=O) groups is 4. The number of rotatable bonds is 8.